The SMILES string of the molecule is c1cc2c(ccn2CC2CCCNC2)cc1-c1cnn(C2CCCCO2)c1. The Labute approximate surface area is 160 Å². The van der Waals surface area contributed by atoms with Crippen LogP contribution >= 0.6 is 0 Å². The molecule has 0 aliphatic carbocycles. The molecule has 2 aromatic heterocycles. The molecule has 142 valence electrons. The first-order valence-corrected chi connectivity index (χ1v) is 10.3. The zero-order valence-electron chi connectivity index (χ0n) is 15.8. The van der Waals surface area contributed by atoms with Crippen LogP contribution < -0.4 is 5.32 Å². The monoisotopic (exact) mass is 364 g/mol. The van der Waals surface area contributed by atoms with Gasteiger partial charge >= 0.3 is 0 Å². The van der Waals surface area contributed by atoms with Crippen LogP contribution in [0.15, 0.2) is 42.9 Å². The molecular weight excluding hydrogens is 336 g/mol. The third-order valence-corrected chi connectivity index (χ3v) is 6.01. The van der Waals surface area contributed by atoms with Crippen LogP contribution in [0.1, 0.15) is 38.3 Å². The van der Waals surface area contributed by atoms with Crippen LogP contribution in [0.3, 0.4) is 0 Å². The molecule has 1 aromatic carbocycles. The van der Waals surface area contributed by atoms with Crippen molar-refractivity contribution in [2.45, 2.75) is 44.9 Å². The highest BCUT2D eigenvalue weighted by Crippen LogP contribution is 2.28. The third kappa shape index (κ3) is 3.54. The fourth-order valence-electron chi connectivity index (χ4n) is 4.47. The Morgan fingerprint density at radius 2 is 2.11 bits per heavy atom. The van der Waals surface area contributed by atoms with Crippen molar-refractivity contribution in [3.63, 3.8) is 0 Å². The zero-order chi connectivity index (χ0) is 18.1. The van der Waals surface area contributed by atoms with Gasteiger partial charge in [-0.2, -0.15) is 5.10 Å². The third-order valence-electron chi connectivity index (χ3n) is 6.01. The Morgan fingerprint density at radius 3 is 2.96 bits per heavy atom. The van der Waals surface area contributed by atoms with Crippen LogP contribution in [-0.2, 0) is 11.3 Å². The summed E-state index contributed by atoms with van der Waals surface area (Å²) in [6.45, 7) is 4.26. The van der Waals surface area contributed by atoms with E-state index in [4.69, 9.17) is 4.74 Å². The lowest BCUT2D eigenvalue weighted by atomic mass is 9.99. The minimum absolute atomic E-state index is 0.0985. The fourth-order valence-corrected chi connectivity index (χ4v) is 4.47. The Kier molecular flexibility index (Phi) is 4.72. The van der Waals surface area contributed by atoms with E-state index in [1.165, 1.54) is 42.3 Å². The minimum atomic E-state index is 0.0985. The standard InChI is InChI=1S/C22H28N4O/c1-2-11-27-22(5-1)26-16-20(14-24-26)18-6-7-21-19(12-18)8-10-25(21)15-17-4-3-9-23-13-17/h6-8,10,12,14,16-17,22-23H,1-5,9,11,13,15H2. The predicted molar refractivity (Wildman–Crippen MR) is 108 cm³/mol. The average Bonchev–Trinajstić information content (AvgIpc) is 3.37. The molecule has 2 saturated heterocycles. The lowest BCUT2D eigenvalue weighted by Crippen LogP contribution is -2.32. The summed E-state index contributed by atoms with van der Waals surface area (Å²) in [6.07, 6.45) is 12.5. The van der Waals surface area contributed by atoms with Crippen LogP contribution in [0.5, 0.6) is 0 Å². The Hall–Kier alpha value is -2.11. The molecule has 2 fully saturated rings. The molecule has 5 rings (SSSR count). The quantitative estimate of drug-likeness (QED) is 0.754. The smallest absolute Gasteiger partial charge is 0.150 e. The second-order valence-electron chi connectivity index (χ2n) is 7.98. The van der Waals surface area contributed by atoms with Crippen molar-refractivity contribution in [3.05, 3.63) is 42.9 Å². The lowest BCUT2D eigenvalue weighted by molar-refractivity contribution is -0.0394. The summed E-state index contributed by atoms with van der Waals surface area (Å²) < 4.78 is 10.2. The minimum Gasteiger partial charge on any atom is -0.357 e. The number of benzene rings is 1. The van der Waals surface area contributed by atoms with E-state index in [2.05, 4.69) is 51.6 Å². The van der Waals surface area contributed by atoms with Gasteiger partial charge in [0.2, 0.25) is 0 Å². The van der Waals surface area contributed by atoms with Crippen molar-refractivity contribution in [2.24, 2.45) is 5.92 Å². The Bertz CT molecular complexity index is 900. The molecule has 4 heterocycles. The number of ether oxygens (including phenoxy) is 1. The number of fused-ring (bicyclic) bond motifs is 1. The summed E-state index contributed by atoms with van der Waals surface area (Å²) >= 11 is 0. The van der Waals surface area contributed by atoms with Gasteiger partial charge in [-0.15, -0.1) is 0 Å². The number of nitrogens with zero attached hydrogens (tertiary/aromatic N) is 3. The number of hydrogen-bond donors (Lipinski definition) is 1. The van der Waals surface area contributed by atoms with Gasteiger partial charge in [0.1, 0.15) is 6.23 Å². The van der Waals surface area contributed by atoms with Crippen molar-refractivity contribution in [2.75, 3.05) is 19.7 Å². The van der Waals surface area contributed by atoms with E-state index in [9.17, 15) is 0 Å². The maximum atomic E-state index is 5.85. The van der Waals surface area contributed by atoms with Crippen LogP contribution in [0, 0.1) is 5.92 Å². The van der Waals surface area contributed by atoms with Gasteiger partial charge in [-0.25, -0.2) is 4.68 Å². The Balaban J connectivity index is 1.36. The highest BCUT2D eigenvalue weighted by molar-refractivity contribution is 5.85. The molecule has 0 radical (unpaired) electrons. The molecule has 3 aromatic rings. The topological polar surface area (TPSA) is 44.0 Å². The molecule has 1 N–H and O–H groups in total. The van der Waals surface area contributed by atoms with Crippen LogP contribution in [0.25, 0.3) is 22.0 Å². The predicted octanol–water partition coefficient (Wildman–Crippen LogP) is 4.20. The molecule has 2 atom stereocenters. The average molecular weight is 364 g/mol. The number of aromatic nitrogens is 3. The molecule has 0 spiro atoms. The molecule has 27 heavy (non-hydrogen) atoms. The van der Waals surface area contributed by atoms with Gasteiger partial charge in [0.25, 0.3) is 0 Å². The zero-order valence-corrected chi connectivity index (χ0v) is 15.8. The number of piperidine rings is 1. The van der Waals surface area contributed by atoms with Crippen molar-refractivity contribution in [1.82, 2.24) is 19.7 Å². The molecule has 2 aliphatic rings. The van der Waals surface area contributed by atoms with Gasteiger partial charge in [0.05, 0.1) is 6.20 Å². The van der Waals surface area contributed by atoms with Gasteiger partial charge in [0, 0.05) is 42.0 Å². The molecule has 2 unspecified atom stereocenters. The molecule has 2 aliphatic heterocycles. The van der Waals surface area contributed by atoms with Gasteiger partial charge in [-0.05, 0) is 74.9 Å². The first-order chi connectivity index (χ1) is 13.4. The Morgan fingerprint density at radius 1 is 1.11 bits per heavy atom. The van der Waals surface area contributed by atoms with E-state index in [-0.39, 0.29) is 6.23 Å². The van der Waals surface area contributed by atoms with E-state index in [1.807, 2.05) is 10.9 Å². The number of rotatable bonds is 4. The number of hydrogen-bond acceptors (Lipinski definition) is 3. The van der Waals surface area contributed by atoms with Gasteiger partial charge < -0.3 is 14.6 Å². The van der Waals surface area contributed by atoms with Crippen molar-refractivity contribution >= 4 is 10.9 Å². The van der Waals surface area contributed by atoms with E-state index in [1.54, 1.807) is 0 Å². The van der Waals surface area contributed by atoms with Crippen LogP contribution in [0.4, 0.5) is 0 Å². The molecule has 5 nitrogen and oxygen atoms in total. The summed E-state index contributed by atoms with van der Waals surface area (Å²) in [7, 11) is 0. The summed E-state index contributed by atoms with van der Waals surface area (Å²) in [4.78, 5) is 0. The summed E-state index contributed by atoms with van der Waals surface area (Å²) in [5.41, 5.74) is 3.71. The maximum absolute atomic E-state index is 5.85. The van der Waals surface area contributed by atoms with Crippen molar-refractivity contribution in [1.29, 1.82) is 0 Å². The second kappa shape index (κ2) is 7.49. The molecule has 0 saturated carbocycles. The first kappa shape index (κ1) is 17.0. The summed E-state index contributed by atoms with van der Waals surface area (Å²) in [6, 6.07) is 9.01. The highest BCUT2D eigenvalue weighted by Gasteiger charge is 2.17. The van der Waals surface area contributed by atoms with Gasteiger partial charge in [0.15, 0.2) is 0 Å². The fraction of sp³-hybridized carbons (Fsp3) is 0.500. The van der Waals surface area contributed by atoms with E-state index in [0.717, 1.165) is 44.0 Å². The molecule has 0 bridgehead atoms. The maximum Gasteiger partial charge on any atom is 0.150 e. The molecular formula is C22H28N4O. The van der Waals surface area contributed by atoms with Crippen LogP contribution in [0.2, 0.25) is 0 Å². The largest absolute Gasteiger partial charge is 0.357 e. The number of nitrogens with one attached hydrogen (secondary N) is 1. The van der Waals surface area contributed by atoms with Crippen molar-refractivity contribution < 1.29 is 4.74 Å². The molecule has 0 amide bonds. The highest BCUT2D eigenvalue weighted by atomic mass is 16.5. The summed E-state index contributed by atoms with van der Waals surface area (Å²) in [5.74, 6) is 0.739. The molecule has 5 heteroatoms. The van der Waals surface area contributed by atoms with E-state index >= 15 is 0 Å². The van der Waals surface area contributed by atoms with Crippen molar-refractivity contribution in [3.8, 4) is 11.1 Å². The van der Waals surface area contributed by atoms with E-state index < -0.39 is 0 Å². The normalized spacial score (nSPS) is 23.7. The first-order valence-electron chi connectivity index (χ1n) is 10.3. The second-order valence-corrected chi connectivity index (χ2v) is 7.98. The summed E-state index contributed by atoms with van der Waals surface area (Å²) in [5, 5.41) is 9.38. The lowest BCUT2D eigenvalue weighted by Gasteiger charge is -2.23. The van der Waals surface area contributed by atoms with Crippen LogP contribution in [-0.4, -0.2) is 34.0 Å². The van der Waals surface area contributed by atoms with Gasteiger partial charge in [-0.3, -0.25) is 0 Å². The van der Waals surface area contributed by atoms with E-state index in [0.29, 0.717) is 0 Å². The van der Waals surface area contributed by atoms with Gasteiger partial charge in [-0.1, -0.05) is 6.07 Å².